The molecule has 1 atom stereocenters. The van der Waals surface area contributed by atoms with Crippen LogP contribution >= 0.6 is 11.3 Å². The molecule has 0 bridgehead atoms. The van der Waals surface area contributed by atoms with E-state index in [4.69, 9.17) is 0 Å². The second kappa shape index (κ2) is 11.0. The molecule has 0 N–H and O–H groups in total. The van der Waals surface area contributed by atoms with Gasteiger partial charge < -0.3 is 4.90 Å². The Morgan fingerprint density at radius 2 is 1.15 bits per heavy atom. The van der Waals surface area contributed by atoms with Gasteiger partial charge in [0.1, 0.15) is 0 Å². The van der Waals surface area contributed by atoms with Gasteiger partial charge in [-0.1, -0.05) is 137 Å². The van der Waals surface area contributed by atoms with E-state index in [1.165, 1.54) is 105 Å². The van der Waals surface area contributed by atoms with Gasteiger partial charge in [-0.15, -0.1) is 11.3 Å². The highest BCUT2D eigenvalue weighted by molar-refractivity contribution is 7.20. The van der Waals surface area contributed by atoms with Gasteiger partial charge in [0.2, 0.25) is 0 Å². The second-order valence-electron chi connectivity index (χ2n) is 17.1. The van der Waals surface area contributed by atoms with Crippen LogP contribution in [0.15, 0.2) is 146 Å². The van der Waals surface area contributed by atoms with Gasteiger partial charge >= 0.3 is 0 Å². The third-order valence-electron chi connectivity index (χ3n) is 13.7. The molecule has 0 saturated heterocycles. The summed E-state index contributed by atoms with van der Waals surface area (Å²) in [5.41, 5.74) is 23.1. The number of hydrogen-bond acceptors (Lipinski definition) is 2. The molecule has 4 aliphatic rings. The summed E-state index contributed by atoms with van der Waals surface area (Å²) in [5.74, 6) is 0.433. The number of anilines is 3. The zero-order chi connectivity index (χ0) is 36.8. The van der Waals surface area contributed by atoms with Gasteiger partial charge in [-0.2, -0.15) is 0 Å². The molecule has 0 spiro atoms. The lowest BCUT2D eigenvalue weighted by Gasteiger charge is -2.31. The Labute approximate surface area is 327 Å². The van der Waals surface area contributed by atoms with Crippen molar-refractivity contribution in [3.05, 3.63) is 184 Å². The predicted octanol–water partition coefficient (Wildman–Crippen LogP) is 14.7. The first-order chi connectivity index (χ1) is 26.8. The fourth-order valence-electron chi connectivity index (χ4n) is 11.0. The van der Waals surface area contributed by atoms with E-state index in [0.29, 0.717) is 5.92 Å². The van der Waals surface area contributed by atoms with Crippen LogP contribution < -0.4 is 4.90 Å². The minimum absolute atomic E-state index is 0.0907. The first kappa shape index (κ1) is 31.6. The Morgan fingerprint density at radius 3 is 2.02 bits per heavy atom. The Kier molecular flexibility index (Phi) is 6.30. The Bertz CT molecular complexity index is 2960. The number of thiophene rings is 1. The van der Waals surface area contributed by atoms with Crippen molar-refractivity contribution < 1.29 is 0 Å². The number of nitrogens with zero attached hydrogens (tertiary/aromatic N) is 1. The normalized spacial score (nSPS) is 17.1. The predicted molar refractivity (Wildman–Crippen MR) is 233 cm³/mol. The quantitative estimate of drug-likeness (QED) is 0.175. The van der Waals surface area contributed by atoms with Crippen molar-refractivity contribution in [2.75, 3.05) is 4.90 Å². The highest BCUT2D eigenvalue weighted by Crippen LogP contribution is 2.59. The monoisotopic (exact) mass is 723 g/mol. The smallest absolute Gasteiger partial charge is 0.0543 e. The molecule has 2 heteroatoms. The van der Waals surface area contributed by atoms with Crippen molar-refractivity contribution in [2.45, 2.75) is 57.3 Å². The van der Waals surface area contributed by atoms with Crippen molar-refractivity contribution in [3.8, 4) is 44.5 Å². The van der Waals surface area contributed by atoms with Crippen LogP contribution in [0.4, 0.5) is 17.1 Å². The van der Waals surface area contributed by atoms with E-state index in [9.17, 15) is 0 Å². The molecule has 0 saturated carbocycles. The van der Waals surface area contributed by atoms with E-state index in [2.05, 4.69) is 178 Å². The second-order valence-corrected chi connectivity index (χ2v) is 18.2. The summed E-state index contributed by atoms with van der Waals surface area (Å²) in [6, 6.07) is 55.7. The van der Waals surface area contributed by atoms with Gasteiger partial charge in [-0.05, 0) is 116 Å². The van der Waals surface area contributed by atoms with E-state index in [0.717, 1.165) is 12.8 Å². The van der Waals surface area contributed by atoms with E-state index in [-0.39, 0.29) is 10.8 Å². The molecule has 1 nitrogen and oxygen atoms in total. The first-order valence-corrected chi connectivity index (χ1v) is 20.7. The van der Waals surface area contributed by atoms with E-state index < -0.39 is 0 Å². The van der Waals surface area contributed by atoms with Crippen LogP contribution in [0.3, 0.4) is 0 Å². The lowest BCUT2D eigenvalue weighted by molar-refractivity contribution is 0.660. The molecule has 0 aliphatic heterocycles. The fraction of sp³-hybridized carbons (Fsp3) is 0.170. The molecule has 4 aliphatic carbocycles. The summed E-state index contributed by atoms with van der Waals surface area (Å²) >= 11 is 2.01. The lowest BCUT2D eigenvalue weighted by atomic mass is 9.82. The summed E-state index contributed by atoms with van der Waals surface area (Å²) in [7, 11) is 0. The summed E-state index contributed by atoms with van der Waals surface area (Å²) in [6.07, 6.45) is 2.20. The van der Waals surface area contributed by atoms with Crippen LogP contribution in [0.25, 0.3) is 54.6 Å². The minimum atomic E-state index is -0.0990. The maximum Gasteiger partial charge on any atom is 0.0543 e. The van der Waals surface area contributed by atoms with Crippen LogP contribution in [0.2, 0.25) is 0 Å². The molecule has 8 aromatic rings. The standard InChI is InChI=1S/C53H41NS/c1-52(2)43-19-9-6-14-37(43)50-44(52)20-12-21-46(50)54(33-26-28-35-34-13-5-8-18-42(34)53(3,4)45(35)30-33)32-25-23-31-24-27-40-48-36(41(31)29-32)16-11-17-39(48)49-38-15-7-10-22-47(38)55-51(40)49/h5-23,25-26,28-30,40H,24,27H2,1-4H3. The van der Waals surface area contributed by atoms with E-state index in [1.807, 2.05) is 11.3 Å². The van der Waals surface area contributed by atoms with Crippen LogP contribution in [0.5, 0.6) is 0 Å². The van der Waals surface area contributed by atoms with Gasteiger partial charge in [0.25, 0.3) is 0 Å². The van der Waals surface area contributed by atoms with Crippen molar-refractivity contribution in [2.24, 2.45) is 0 Å². The molecule has 1 unspecified atom stereocenters. The lowest BCUT2D eigenvalue weighted by Crippen LogP contribution is -2.17. The van der Waals surface area contributed by atoms with Crippen LogP contribution in [-0.4, -0.2) is 0 Å². The molecular formula is C53H41NS. The summed E-state index contributed by atoms with van der Waals surface area (Å²) in [4.78, 5) is 4.13. The van der Waals surface area contributed by atoms with Crippen molar-refractivity contribution >= 4 is 38.5 Å². The molecule has 55 heavy (non-hydrogen) atoms. The van der Waals surface area contributed by atoms with Gasteiger partial charge in [-0.3, -0.25) is 0 Å². The molecule has 264 valence electrons. The molecule has 12 rings (SSSR count). The topological polar surface area (TPSA) is 3.24 Å². The average Bonchev–Trinajstić information content (AvgIpc) is 3.84. The number of aryl methyl sites for hydroxylation is 1. The van der Waals surface area contributed by atoms with Crippen LogP contribution in [-0.2, 0) is 17.3 Å². The molecule has 0 fully saturated rings. The zero-order valence-electron chi connectivity index (χ0n) is 31.7. The van der Waals surface area contributed by atoms with Crippen molar-refractivity contribution in [1.29, 1.82) is 0 Å². The Hall–Kier alpha value is -5.70. The van der Waals surface area contributed by atoms with Gasteiger partial charge in [0.15, 0.2) is 0 Å². The third-order valence-corrected chi connectivity index (χ3v) is 14.9. The highest BCUT2D eigenvalue weighted by atomic mass is 32.1. The van der Waals surface area contributed by atoms with Gasteiger partial charge in [-0.25, -0.2) is 0 Å². The Morgan fingerprint density at radius 1 is 0.509 bits per heavy atom. The third kappa shape index (κ3) is 4.13. The highest BCUT2D eigenvalue weighted by Gasteiger charge is 2.40. The summed E-state index contributed by atoms with van der Waals surface area (Å²) < 4.78 is 1.41. The first-order valence-electron chi connectivity index (χ1n) is 19.9. The molecule has 0 radical (unpaired) electrons. The average molecular weight is 724 g/mol. The number of benzene rings is 7. The van der Waals surface area contributed by atoms with Crippen molar-refractivity contribution in [3.63, 3.8) is 0 Å². The summed E-state index contributed by atoms with van der Waals surface area (Å²) in [5, 5.41) is 1.41. The number of fused-ring (bicyclic) bond motifs is 13. The van der Waals surface area contributed by atoms with E-state index >= 15 is 0 Å². The molecule has 7 aromatic carbocycles. The largest absolute Gasteiger partial charge is 0.310 e. The molecular weight excluding hydrogens is 683 g/mol. The van der Waals surface area contributed by atoms with Gasteiger partial charge in [0.05, 0.1) is 5.69 Å². The van der Waals surface area contributed by atoms with Gasteiger partial charge in [0, 0.05) is 54.2 Å². The fourth-order valence-corrected chi connectivity index (χ4v) is 12.4. The number of hydrogen-bond donors (Lipinski definition) is 0. The van der Waals surface area contributed by atoms with E-state index in [1.54, 1.807) is 4.88 Å². The molecule has 1 heterocycles. The molecule has 1 aromatic heterocycles. The van der Waals surface area contributed by atoms with Crippen LogP contribution in [0, 0.1) is 0 Å². The minimum Gasteiger partial charge on any atom is -0.310 e. The Balaban J connectivity index is 1.10. The maximum absolute atomic E-state index is 2.58. The summed E-state index contributed by atoms with van der Waals surface area (Å²) in [6.45, 7) is 9.55. The number of rotatable bonds is 3. The zero-order valence-corrected chi connectivity index (χ0v) is 32.5. The van der Waals surface area contributed by atoms with Crippen LogP contribution in [0.1, 0.15) is 78.3 Å². The van der Waals surface area contributed by atoms with Crippen molar-refractivity contribution in [1.82, 2.24) is 0 Å². The maximum atomic E-state index is 2.58. The molecule has 0 amide bonds. The SMILES string of the molecule is CC1(C)c2ccccc2-c2ccc(N(c3ccc4c(c3)-c3cccc5c3C(CC4)c3sc4ccccc4c3-5)c3cccc4c3-c3ccccc3C4(C)C)cc21.